The molecule has 0 aromatic heterocycles. The zero-order valence-corrected chi connectivity index (χ0v) is 11.5. The second kappa shape index (κ2) is 6.45. The van der Waals surface area contributed by atoms with Crippen molar-refractivity contribution in [2.75, 3.05) is 27.7 Å². The van der Waals surface area contributed by atoms with Gasteiger partial charge in [0.05, 0.1) is 7.11 Å². The molecule has 0 aliphatic heterocycles. The number of hydrogen-bond donors (Lipinski definition) is 0. The van der Waals surface area contributed by atoms with Gasteiger partial charge >= 0.3 is 0 Å². The largest absolute Gasteiger partial charge is 0.497 e. The third kappa shape index (κ3) is 3.90. The van der Waals surface area contributed by atoms with E-state index in [0.717, 1.165) is 12.3 Å². The lowest BCUT2D eigenvalue weighted by atomic mass is 9.93. The number of rotatable bonds is 5. The first kappa shape index (κ1) is 13.8. The van der Waals surface area contributed by atoms with E-state index < -0.39 is 0 Å². The highest BCUT2D eigenvalue weighted by Crippen LogP contribution is 2.26. The third-order valence-electron chi connectivity index (χ3n) is 2.88. The number of methoxy groups -OCH3 is 1. The standard InChI is InChI=1S/C15H23NO/c1-6-15(12(2)11-16(3)4)13-8-7-9-14(10-13)17-5/h6-10,12H,11H2,1-5H3/b15-6-/t12-/m0/s1. The molecular weight excluding hydrogens is 210 g/mol. The van der Waals surface area contributed by atoms with Gasteiger partial charge in [-0.3, -0.25) is 0 Å². The summed E-state index contributed by atoms with van der Waals surface area (Å²) in [4.78, 5) is 2.22. The van der Waals surface area contributed by atoms with Crippen molar-refractivity contribution in [3.63, 3.8) is 0 Å². The van der Waals surface area contributed by atoms with Gasteiger partial charge in [-0.05, 0) is 50.2 Å². The lowest BCUT2D eigenvalue weighted by Crippen LogP contribution is -2.20. The zero-order valence-electron chi connectivity index (χ0n) is 11.5. The van der Waals surface area contributed by atoms with Crippen LogP contribution in [0.5, 0.6) is 5.75 Å². The Labute approximate surface area is 105 Å². The highest BCUT2D eigenvalue weighted by Gasteiger charge is 2.11. The van der Waals surface area contributed by atoms with Crippen LogP contribution in [0.1, 0.15) is 19.4 Å². The number of hydrogen-bond acceptors (Lipinski definition) is 2. The van der Waals surface area contributed by atoms with Gasteiger partial charge in [0, 0.05) is 6.54 Å². The van der Waals surface area contributed by atoms with Crippen molar-refractivity contribution < 1.29 is 4.74 Å². The molecule has 1 aromatic rings. The molecule has 0 N–H and O–H groups in total. The molecule has 94 valence electrons. The first-order valence-corrected chi connectivity index (χ1v) is 6.03. The molecule has 0 aliphatic carbocycles. The van der Waals surface area contributed by atoms with Gasteiger partial charge in [0.25, 0.3) is 0 Å². The van der Waals surface area contributed by atoms with Crippen LogP contribution in [-0.2, 0) is 0 Å². The van der Waals surface area contributed by atoms with Crippen LogP contribution >= 0.6 is 0 Å². The van der Waals surface area contributed by atoms with Gasteiger partial charge in [-0.1, -0.05) is 25.1 Å². The maximum atomic E-state index is 5.27. The number of nitrogens with zero attached hydrogens (tertiary/aromatic N) is 1. The van der Waals surface area contributed by atoms with Crippen molar-refractivity contribution in [2.45, 2.75) is 13.8 Å². The lowest BCUT2D eigenvalue weighted by Gasteiger charge is -2.20. The summed E-state index contributed by atoms with van der Waals surface area (Å²) in [5.41, 5.74) is 2.62. The van der Waals surface area contributed by atoms with Gasteiger partial charge < -0.3 is 9.64 Å². The summed E-state index contributed by atoms with van der Waals surface area (Å²) in [6.45, 7) is 5.41. The van der Waals surface area contributed by atoms with E-state index in [9.17, 15) is 0 Å². The molecule has 0 amide bonds. The fraction of sp³-hybridized carbons (Fsp3) is 0.467. The highest BCUT2D eigenvalue weighted by molar-refractivity contribution is 5.68. The molecule has 0 heterocycles. The molecule has 0 saturated heterocycles. The topological polar surface area (TPSA) is 12.5 Å². The van der Waals surface area contributed by atoms with E-state index in [1.54, 1.807) is 7.11 Å². The summed E-state index contributed by atoms with van der Waals surface area (Å²) in [5.74, 6) is 1.43. The second-order valence-electron chi connectivity index (χ2n) is 4.64. The number of ether oxygens (including phenoxy) is 1. The predicted octanol–water partition coefficient (Wildman–Crippen LogP) is 3.30. The molecule has 0 bridgehead atoms. The number of benzene rings is 1. The Hall–Kier alpha value is -1.28. The minimum atomic E-state index is 0.516. The molecule has 17 heavy (non-hydrogen) atoms. The molecule has 2 heteroatoms. The van der Waals surface area contributed by atoms with E-state index in [-0.39, 0.29) is 0 Å². The van der Waals surface area contributed by atoms with Gasteiger partial charge in [-0.2, -0.15) is 0 Å². The van der Waals surface area contributed by atoms with Crippen LogP contribution in [0, 0.1) is 5.92 Å². The van der Waals surface area contributed by atoms with Crippen molar-refractivity contribution in [3.05, 3.63) is 35.9 Å². The van der Waals surface area contributed by atoms with Crippen LogP contribution in [0.3, 0.4) is 0 Å². The van der Waals surface area contributed by atoms with Crippen LogP contribution in [0.4, 0.5) is 0 Å². The molecule has 1 atom stereocenters. The molecule has 0 fully saturated rings. The maximum absolute atomic E-state index is 5.27. The summed E-state index contributed by atoms with van der Waals surface area (Å²) in [5, 5.41) is 0. The summed E-state index contributed by atoms with van der Waals surface area (Å²) >= 11 is 0. The van der Waals surface area contributed by atoms with Gasteiger partial charge in [-0.25, -0.2) is 0 Å². The first-order chi connectivity index (χ1) is 8.08. The Morgan fingerprint density at radius 2 is 2.12 bits per heavy atom. The van der Waals surface area contributed by atoms with Crippen molar-refractivity contribution in [3.8, 4) is 5.75 Å². The van der Waals surface area contributed by atoms with E-state index in [1.165, 1.54) is 11.1 Å². The summed E-state index contributed by atoms with van der Waals surface area (Å²) in [6, 6.07) is 8.26. The van der Waals surface area contributed by atoms with Crippen LogP contribution in [0.2, 0.25) is 0 Å². The number of allylic oxidation sites excluding steroid dienone is 1. The predicted molar refractivity (Wildman–Crippen MR) is 74.4 cm³/mol. The molecule has 2 nitrogen and oxygen atoms in total. The summed E-state index contributed by atoms with van der Waals surface area (Å²) < 4.78 is 5.27. The second-order valence-corrected chi connectivity index (χ2v) is 4.64. The van der Waals surface area contributed by atoms with E-state index in [4.69, 9.17) is 4.74 Å². The van der Waals surface area contributed by atoms with Gasteiger partial charge in [0.2, 0.25) is 0 Å². The summed E-state index contributed by atoms with van der Waals surface area (Å²) in [7, 11) is 5.92. The van der Waals surface area contributed by atoms with Crippen molar-refractivity contribution in [2.24, 2.45) is 5.92 Å². The fourth-order valence-electron chi connectivity index (χ4n) is 2.18. The molecule has 0 radical (unpaired) electrons. The van der Waals surface area contributed by atoms with E-state index in [1.807, 2.05) is 12.1 Å². The molecule has 0 spiro atoms. The van der Waals surface area contributed by atoms with Gasteiger partial charge in [0.1, 0.15) is 5.75 Å². The monoisotopic (exact) mass is 233 g/mol. The van der Waals surface area contributed by atoms with Crippen LogP contribution in [0.25, 0.3) is 5.57 Å². The van der Waals surface area contributed by atoms with Crippen molar-refractivity contribution in [1.82, 2.24) is 4.90 Å². The Bertz CT molecular complexity index is 382. The molecule has 0 unspecified atom stereocenters. The third-order valence-corrected chi connectivity index (χ3v) is 2.88. The van der Waals surface area contributed by atoms with E-state index in [2.05, 4.69) is 51.1 Å². The normalized spacial score (nSPS) is 13.9. The quantitative estimate of drug-likeness (QED) is 0.773. The van der Waals surface area contributed by atoms with Gasteiger partial charge in [-0.15, -0.1) is 0 Å². The zero-order chi connectivity index (χ0) is 12.8. The average Bonchev–Trinajstić information content (AvgIpc) is 2.29. The van der Waals surface area contributed by atoms with E-state index in [0.29, 0.717) is 5.92 Å². The molecular formula is C15H23NO. The van der Waals surface area contributed by atoms with Gasteiger partial charge in [0.15, 0.2) is 0 Å². The Morgan fingerprint density at radius 1 is 1.41 bits per heavy atom. The first-order valence-electron chi connectivity index (χ1n) is 6.03. The average molecular weight is 233 g/mol. The van der Waals surface area contributed by atoms with Crippen LogP contribution in [0.15, 0.2) is 30.3 Å². The Balaban J connectivity index is 2.93. The SMILES string of the molecule is C/C=C(\c1cccc(OC)c1)[C@@H](C)CN(C)C. The minimum Gasteiger partial charge on any atom is -0.497 e. The lowest BCUT2D eigenvalue weighted by molar-refractivity contribution is 0.375. The molecule has 1 aromatic carbocycles. The Kier molecular flexibility index (Phi) is 5.23. The van der Waals surface area contributed by atoms with Crippen LogP contribution in [-0.4, -0.2) is 32.6 Å². The van der Waals surface area contributed by atoms with Crippen molar-refractivity contribution >= 4 is 5.57 Å². The molecule has 1 rings (SSSR count). The fourth-order valence-corrected chi connectivity index (χ4v) is 2.18. The van der Waals surface area contributed by atoms with Crippen molar-refractivity contribution in [1.29, 1.82) is 0 Å². The minimum absolute atomic E-state index is 0.516. The molecule has 0 saturated carbocycles. The maximum Gasteiger partial charge on any atom is 0.119 e. The summed E-state index contributed by atoms with van der Waals surface area (Å²) in [6.07, 6.45) is 2.20. The highest BCUT2D eigenvalue weighted by atomic mass is 16.5. The van der Waals surface area contributed by atoms with Crippen LogP contribution < -0.4 is 4.74 Å². The van der Waals surface area contributed by atoms with E-state index >= 15 is 0 Å². The Morgan fingerprint density at radius 3 is 2.65 bits per heavy atom. The smallest absolute Gasteiger partial charge is 0.119 e. The molecule has 0 aliphatic rings.